The van der Waals surface area contributed by atoms with Crippen molar-refractivity contribution in [3.63, 3.8) is 0 Å². The third kappa shape index (κ3) is 5.47. The number of thioether (sulfide) groups is 1. The number of ether oxygens (including phenoxy) is 1. The van der Waals surface area contributed by atoms with E-state index in [9.17, 15) is 4.79 Å². The van der Waals surface area contributed by atoms with Gasteiger partial charge in [-0.3, -0.25) is 9.48 Å². The number of carbonyl (C=O) groups is 1. The van der Waals surface area contributed by atoms with Crippen LogP contribution in [0.2, 0.25) is 0 Å². The smallest absolute Gasteiger partial charge is 0.230 e. The Bertz CT molecular complexity index is 560. The Morgan fingerprint density at radius 2 is 2.38 bits per heavy atom. The number of benzene rings is 1. The molecule has 0 aliphatic rings. The van der Waals surface area contributed by atoms with Gasteiger partial charge in [-0.25, -0.2) is 0 Å². The Balaban J connectivity index is 1.62. The van der Waals surface area contributed by atoms with Crippen molar-refractivity contribution in [1.29, 1.82) is 0 Å². The van der Waals surface area contributed by atoms with Crippen LogP contribution in [-0.4, -0.2) is 40.3 Å². The topological polar surface area (TPSA) is 69.0 Å². The first-order valence-electron chi connectivity index (χ1n) is 6.65. The molecule has 112 valence electrons. The summed E-state index contributed by atoms with van der Waals surface area (Å²) in [5.41, 5.74) is 0. The Morgan fingerprint density at radius 3 is 3.14 bits per heavy atom. The normalized spacial score (nSPS) is 10.3. The average molecular weight is 306 g/mol. The molecular weight excluding hydrogens is 288 g/mol. The van der Waals surface area contributed by atoms with E-state index >= 15 is 0 Å². The van der Waals surface area contributed by atoms with E-state index in [0.29, 0.717) is 12.3 Å². The molecule has 0 spiro atoms. The number of hydrogen-bond acceptors (Lipinski definition) is 5. The SMILES string of the molecule is COc1cccc(SCC(=O)NCCCn2ccnn2)c1. The van der Waals surface area contributed by atoms with Crippen molar-refractivity contribution in [3.8, 4) is 5.75 Å². The number of aryl methyl sites for hydroxylation is 1. The average Bonchev–Trinajstić information content (AvgIpc) is 3.03. The predicted molar refractivity (Wildman–Crippen MR) is 81.4 cm³/mol. The van der Waals surface area contributed by atoms with E-state index in [-0.39, 0.29) is 5.91 Å². The second kappa shape index (κ2) is 8.31. The van der Waals surface area contributed by atoms with Crippen LogP contribution in [0.3, 0.4) is 0 Å². The van der Waals surface area contributed by atoms with Gasteiger partial charge in [0.05, 0.1) is 19.1 Å². The van der Waals surface area contributed by atoms with Crippen LogP contribution in [0, 0.1) is 0 Å². The molecular formula is C14H18N4O2S. The van der Waals surface area contributed by atoms with Crippen molar-refractivity contribution >= 4 is 17.7 Å². The lowest BCUT2D eigenvalue weighted by Crippen LogP contribution is -2.26. The fraction of sp³-hybridized carbons (Fsp3) is 0.357. The summed E-state index contributed by atoms with van der Waals surface area (Å²) in [7, 11) is 1.63. The highest BCUT2D eigenvalue weighted by Crippen LogP contribution is 2.22. The molecule has 1 heterocycles. The molecule has 1 amide bonds. The highest BCUT2D eigenvalue weighted by Gasteiger charge is 2.03. The highest BCUT2D eigenvalue weighted by molar-refractivity contribution is 8.00. The summed E-state index contributed by atoms with van der Waals surface area (Å²) in [5.74, 6) is 1.23. The number of aromatic nitrogens is 3. The fourth-order valence-corrected chi connectivity index (χ4v) is 2.49. The van der Waals surface area contributed by atoms with Gasteiger partial charge >= 0.3 is 0 Å². The van der Waals surface area contributed by atoms with Crippen molar-refractivity contribution in [2.24, 2.45) is 0 Å². The van der Waals surface area contributed by atoms with Gasteiger partial charge in [-0.15, -0.1) is 16.9 Å². The zero-order valence-corrected chi connectivity index (χ0v) is 12.7. The van der Waals surface area contributed by atoms with Gasteiger partial charge in [0.15, 0.2) is 0 Å². The van der Waals surface area contributed by atoms with Gasteiger partial charge in [-0.2, -0.15) is 0 Å². The number of methoxy groups -OCH3 is 1. The van der Waals surface area contributed by atoms with Crippen molar-refractivity contribution < 1.29 is 9.53 Å². The minimum absolute atomic E-state index is 0.0291. The molecule has 2 rings (SSSR count). The van der Waals surface area contributed by atoms with Crippen LogP contribution in [-0.2, 0) is 11.3 Å². The molecule has 0 saturated carbocycles. The van der Waals surface area contributed by atoms with Crippen LogP contribution in [0.25, 0.3) is 0 Å². The van der Waals surface area contributed by atoms with E-state index in [4.69, 9.17) is 4.74 Å². The van der Waals surface area contributed by atoms with Gasteiger partial charge in [0.2, 0.25) is 5.91 Å². The fourth-order valence-electron chi connectivity index (χ4n) is 1.71. The molecule has 0 atom stereocenters. The standard InChI is InChI=1S/C14H18N4O2S/c1-20-12-4-2-5-13(10-12)21-11-14(19)15-6-3-8-18-9-7-16-17-18/h2,4-5,7,9-10H,3,6,8,11H2,1H3,(H,15,19). The van der Waals surface area contributed by atoms with Crippen molar-refractivity contribution in [1.82, 2.24) is 20.3 Å². The van der Waals surface area contributed by atoms with E-state index in [1.807, 2.05) is 24.3 Å². The van der Waals surface area contributed by atoms with Crippen molar-refractivity contribution in [2.45, 2.75) is 17.9 Å². The lowest BCUT2D eigenvalue weighted by atomic mass is 10.3. The van der Waals surface area contributed by atoms with Crippen LogP contribution >= 0.6 is 11.8 Å². The summed E-state index contributed by atoms with van der Waals surface area (Å²) in [6.07, 6.45) is 4.28. The predicted octanol–water partition coefficient (Wildman–Crippen LogP) is 1.59. The highest BCUT2D eigenvalue weighted by atomic mass is 32.2. The summed E-state index contributed by atoms with van der Waals surface area (Å²) in [5, 5.41) is 10.5. The van der Waals surface area contributed by atoms with E-state index in [1.165, 1.54) is 11.8 Å². The molecule has 7 heteroatoms. The number of nitrogens with zero attached hydrogens (tertiary/aromatic N) is 3. The zero-order valence-electron chi connectivity index (χ0n) is 11.9. The molecule has 1 aromatic heterocycles. The maximum absolute atomic E-state index is 11.7. The second-order valence-electron chi connectivity index (χ2n) is 4.34. The number of rotatable bonds is 8. The number of hydrogen-bond donors (Lipinski definition) is 1. The van der Waals surface area contributed by atoms with Gasteiger partial charge < -0.3 is 10.1 Å². The van der Waals surface area contributed by atoms with E-state index < -0.39 is 0 Å². The Hall–Kier alpha value is -2.02. The first kappa shape index (κ1) is 15.4. The molecule has 0 aliphatic heterocycles. The number of amides is 1. The summed E-state index contributed by atoms with van der Waals surface area (Å²) < 4.78 is 6.90. The Labute approximate surface area is 127 Å². The van der Waals surface area contributed by atoms with Crippen molar-refractivity contribution in [3.05, 3.63) is 36.7 Å². The summed E-state index contributed by atoms with van der Waals surface area (Å²) in [4.78, 5) is 12.8. The van der Waals surface area contributed by atoms with Crippen LogP contribution < -0.4 is 10.1 Å². The van der Waals surface area contributed by atoms with E-state index in [0.717, 1.165) is 23.6 Å². The van der Waals surface area contributed by atoms with Crippen LogP contribution in [0.1, 0.15) is 6.42 Å². The number of nitrogens with one attached hydrogen (secondary N) is 1. The first-order valence-corrected chi connectivity index (χ1v) is 7.64. The molecule has 6 nitrogen and oxygen atoms in total. The minimum atomic E-state index is 0.0291. The van der Waals surface area contributed by atoms with Gasteiger partial charge in [-0.1, -0.05) is 11.3 Å². The number of carbonyl (C=O) groups excluding carboxylic acids is 1. The zero-order chi connectivity index (χ0) is 14.9. The quantitative estimate of drug-likeness (QED) is 0.592. The third-order valence-corrected chi connectivity index (χ3v) is 3.76. The Morgan fingerprint density at radius 1 is 1.48 bits per heavy atom. The molecule has 0 saturated heterocycles. The third-order valence-electron chi connectivity index (χ3n) is 2.77. The largest absolute Gasteiger partial charge is 0.497 e. The molecule has 0 aliphatic carbocycles. The second-order valence-corrected chi connectivity index (χ2v) is 5.39. The summed E-state index contributed by atoms with van der Waals surface area (Å²) >= 11 is 1.49. The van der Waals surface area contributed by atoms with E-state index in [1.54, 1.807) is 24.2 Å². The molecule has 0 fully saturated rings. The Kier molecular flexibility index (Phi) is 6.08. The lowest BCUT2D eigenvalue weighted by Gasteiger charge is -2.06. The summed E-state index contributed by atoms with van der Waals surface area (Å²) in [6.45, 7) is 1.39. The van der Waals surface area contributed by atoms with Crippen molar-refractivity contribution in [2.75, 3.05) is 19.4 Å². The van der Waals surface area contributed by atoms with Crippen LogP contribution in [0.4, 0.5) is 0 Å². The molecule has 1 aromatic carbocycles. The van der Waals surface area contributed by atoms with E-state index in [2.05, 4.69) is 15.6 Å². The molecule has 1 N–H and O–H groups in total. The molecule has 2 aromatic rings. The molecule has 0 radical (unpaired) electrons. The van der Waals surface area contributed by atoms with Crippen LogP contribution in [0.15, 0.2) is 41.6 Å². The van der Waals surface area contributed by atoms with Gasteiger partial charge in [0.25, 0.3) is 0 Å². The van der Waals surface area contributed by atoms with Gasteiger partial charge in [0, 0.05) is 24.2 Å². The molecule has 0 bridgehead atoms. The lowest BCUT2D eigenvalue weighted by molar-refractivity contribution is -0.118. The molecule has 21 heavy (non-hydrogen) atoms. The first-order chi connectivity index (χ1) is 10.3. The maximum atomic E-state index is 11.7. The molecule has 0 unspecified atom stereocenters. The summed E-state index contributed by atoms with van der Waals surface area (Å²) in [6, 6.07) is 7.68. The van der Waals surface area contributed by atoms with Gasteiger partial charge in [-0.05, 0) is 24.6 Å². The monoisotopic (exact) mass is 306 g/mol. The van der Waals surface area contributed by atoms with Gasteiger partial charge in [0.1, 0.15) is 5.75 Å². The maximum Gasteiger partial charge on any atom is 0.230 e. The minimum Gasteiger partial charge on any atom is -0.497 e. The van der Waals surface area contributed by atoms with Crippen LogP contribution in [0.5, 0.6) is 5.75 Å².